The number of anilines is 1. The Bertz CT molecular complexity index is 521. The van der Waals surface area contributed by atoms with E-state index < -0.39 is 4.92 Å². The maximum absolute atomic E-state index is 10.4. The summed E-state index contributed by atoms with van der Waals surface area (Å²) in [7, 11) is 0. The molecule has 2 rings (SSSR count). The molecule has 0 aliphatic heterocycles. The Morgan fingerprint density at radius 1 is 1.41 bits per heavy atom. The van der Waals surface area contributed by atoms with Crippen LogP contribution in [-0.4, -0.2) is 15.1 Å². The van der Waals surface area contributed by atoms with Crippen LogP contribution in [0.5, 0.6) is 0 Å². The Morgan fingerprint density at radius 3 is 2.65 bits per heavy atom. The number of aryl methyl sites for hydroxylation is 1. The second kappa shape index (κ2) is 4.60. The molecule has 0 bridgehead atoms. The molecule has 1 heterocycles. The molecular weight excluding hydrogens is 224 g/mol. The van der Waals surface area contributed by atoms with Gasteiger partial charge in [0.15, 0.2) is 5.82 Å². The van der Waals surface area contributed by atoms with Crippen molar-refractivity contribution < 1.29 is 9.45 Å². The lowest BCUT2D eigenvalue weighted by molar-refractivity contribution is -0.384. The Labute approximate surface area is 96.6 Å². The molecule has 0 atom stereocenters. The molecule has 1 aromatic heterocycles. The van der Waals surface area contributed by atoms with Crippen LogP contribution in [0.25, 0.3) is 0 Å². The monoisotopic (exact) mass is 234 g/mol. The zero-order valence-corrected chi connectivity index (χ0v) is 9.08. The SMILES string of the molecule is Cc1nc(CNc2ccc([N+](=O)[O-])cc2)no1. The lowest BCUT2D eigenvalue weighted by Gasteiger charge is -2.02. The van der Waals surface area contributed by atoms with E-state index in [-0.39, 0.29) is 5.69 Å². The summed E-state index contributed by atoms with van der Waals surface area (Å²) in [6.07, 6.45) is 0. The average molecular weight is 234 g/mol. The van der Waals surface area contributed by atoms with Crippen LogP contribution in [0.15, 0.2) is 28.8 Å². The number of non-ortho nitro benzene ring substituents is 1. The first-order chi connectivity index (χ1) is 8.15. The minimum atomic E-state index is -0.438. The number of nitro groups is 1. The van der Waals surface area contributed by atoms with Gasteiger partial charge in [0, 0.05) is 24.7 Å². The Morgan fingerprint density at radius 2 is 2.12 bits per heavy atom. The second-order valence-corrected chi connectivity index (χ2v) is 3.39. The molecule has 1 N–H and O–H groups in total. The van der Waals surface area contributed by atoms with E-state index in [2.05, 4.69) is 15.5 Å². The van der Waals surface area contributed by atoms with E-state index >= 15 is 0 Å². The summed E-state index contributed by atoms with van der Waals surface area (Å²) in [6, 6.07) is 6.13. The van der Waals surface area contributed by atoms with Crippen molar-refractivity contribution in [1.29, 1.82) is 0 Å². The van der Waals surface area contributed by atoms with Crippen LogP contribution >= 0.6 is 0 Å². The predicted octanol–water partition coefficient (Wildman–Crippen LogP) is 1.90. The Balaban J connectivity index is 1.97. The number of aromatic nitrogens is 2. The molecule has 0 unspecified atom stereocenters. The fraction of sp³-hybridized carbons (Fsp3) is 0.200. The van der Waals surface area contributed by atoms with Crippen LogP contribution in [0, 0.1) is 17.0 Å². The molecule has 0 aliphatic carbocycles. The molecule has 0 fully saturated rings. The number of nitrogens with one attached hydrogen (secondary N) is 1. The van der Waals surface area contributed by atoms with Gasteiger partial charge in [-0.3, -0.25) is 10.1 Å². The first kappa shape index (κ1) is 11.1. The van der Waals surface area contributed by atoms with E-state index in [1.165, 1.54) is 12.1 Å². The van der Waals surface area contributed by atoms with Crippen molar-refractivity contribution in [1.82, 2.24) is 10.1 Å². The number of hydrogen-bond acceptors (Lipinski definition) is 6. The molecule has 0 radical (unpaired) electrons. The number of rotatable bonds is 4. The summed E-state index contributed by atoms with van der Waals surface area (Å²) < 4.78 is 4.81. The number of nitrogens with zero attached hydrogens (tertiary/aromatic N) is 3. The summed E-state index contributed by atoms with van der Waals surface area (Å²) in [5, 5.41) is 17.2. The van der Waals surface area contributed by atoms with Gasteiger partial charge in [-0.25, -0.2) is 0 Å². The molecule has 17 heavy (non-hydrogen) atoms. The largest absolute Gasteiger partial charge is 0.378 e. The van der Waals surface area contributed by atoms with E-state index in [9.17, 15) is 10.1 Å². The van der Waals surface area contributed by atoms with Crippen LogP contribution < -0.4 is 5.32 Å². The van der Waals surface area contributed by atoms with Gasteiger partial charge in [-0.2, -0.15) is 4.98 Å². The summed E-state index contributed by atoms with van der Waals surface area (Å²) in [5.41, 5.74) is 0.823. The minimum absolute atomic E-state index is 0.0611. The van der Waals surface area contributed by atoms with E-state index in [1.807, 2.05) is 0 Å². The highest BCUT2D eigenvalue weighted by molar-refractivity contribution is 5.48. The molecule has 1 aromatic carbocycles. The van der Waals surface area contributed by atoms with Gasteiger partial charge in [0.2, 0.25) is 5.89 Å². The first-order valence-corrected chi connectivity index (χ1v) is 4.92. The van der Waals surface area contributed by atoms with Crippen molar-refractivity contribution in [3.8, 4) is 0 Å². The highest BCUT2D eigenvalue weighted by Crippen LogP contribution is 2.15. The quantitative estimate of drug-likeness (QED) is 0.641. The van der Waals surface area contributed by atoms with Crippen molar-refractivity contribution in [2.24, 2.45) is 0 Å². The van der Waals surface area contributed by atoms with Gasteiger partial charge >= 0.3 is 0 Å². The minimum Gasteiger partial charge on any atom is -0.378 e. The van der Waals surface area contributed by atoms with Crippen molar-refractivity contribution in [2.75, 3.05) is 5.32 Å². The molecule has 0 amide bonds. The molecule has 2 aromatic rings. The Hall–Kier alpha value is -2.44. The van der Waals surface area contributed by atoms with Gasteiger partial charge < -0.3 is 9.84 Å². The maximum Gasteiger partial charge on any atom is 0.269 e. The molecule has 0 saturated carbocycles. The highest BCUT2D eigenvalue weighted by Gasteiger charge is 2.05. The van der Waals surface area contributed by atoms with E-state index in [0.717, 1.165) is 5.69 Å². The van der Waals surface area contributed by atoms with Gasteiger partial charge in [0.1, 0.15) is 0 Å². The van der Waals surface area contributed by atoms with Gasteiger partial charge in [-0.15, -0.1) is 0 Å². The summed E-state index contributed by atoms with van der Waals surface area (Å²) in [5.74, 6) is 1.05. The third kappa shape index (κ3) is 2.77. The average Bonchev–Trinajstić information content (AvgIpc) is 2.73. The molecule has 0 spiro atoms. The van der Waals surface area contributed by atoms with Gasteiger partial charge in [0.25, 0.3) is 5.69 Å². The van der Waals surface area contributed by atoms with Crippen LogP contribution in [-0.2, 0) is 6.54 Å². The van der Waals surface area contributed by atoms with E-state index in [0.29, 0.717) is 18.3 Å². The predicted molar refractivity (Wildman–Crippen MR) is 59.5 cm³/mol. The van der Waals surface area contributed by atoms with Crippen LogP contribution in [0.1, 0.15) is 11.7 Å². The van der Waals surface area contributed by atoms with Gasteiger partial charge in [0.05, 0.1) is 11.5 Å². The molecule has 7 heteroatoms. The Kier molecular flexibility index (Phi) is 2.99. The highest BCUT2D eigenvalue weighted by atomic mass is 16.6. The zero-order valence-electron chi connectivity index (χ0n) is 9.08. The fourth-order valence-electron chi connectivity index (χ4n) is 1.30. The zero-order chi connectivity index (χ0) is 12.3. The third-order valence-electron chi connectivity index (χ3n) is 2.10. The maximum atomic E-state index is 10.4. The standard InChI is InChI=1S/C10H10N4O3/c1-7-12-10(13-17-7)6-11-8-2-4-9(5-3-8)14(15)16/h2-5,11H,6H2,1H3. The second-order valence-electron chi connectivity index (χ2n) is 3.39. The van der Waals surface area contributed by atoms with Crippen molar-refractivity contribution in [2.45, 2.75) is 13.5 Å². The van der Waals surface area contributed by atoms with Crippen LogP contribution in [0.2, 0.25) is 0 Å². The number of benzene rings is 1. The van der Waals surface area contributed by atoms with E-state index in [4.69, 9.17) is 4.52 Å². The third-order valence-corrected chi connectivity index (χ3v) is 2.10. The fourth-order valence-corrected chi connectivity index (χ4v) is 1.30. The van der Waals surface area contributed by atoms with E-state index in [1.54, 1.807) is 19.1 Å². The molecule has 88 valence electrons. The lowest BCUT2D eigenvalue weighted by atomic mass is 10.3. The van der Waals surface area contributed by atoms with Crippen molar-refractivity contribution in [3.05, 3.63) is 46.1 Å². The molecular formula is C10H10N4O3. The van der Waals surface area contributed by atoms with Gasteiger partial charge in [-0.1, -0.05) is 5.16 Å². The van der Waals surface area contributed by atoms with Crippen molar-refractivity contribution >= 4 is 11.4 Å². The van der Waals surface area contributed by atoms with Gasteiger partial charge in [-0.05, 0) is 12.1 Å². The molecule has 7 nitrogen and oxygen atoms in total. The topological polar surface area (TPSA) is 94.1 Å². The normalized spacial score (nSPS) is 10.2. The van der Waals surface area contributed by atoms with Crippen LogP contribution in [0.4, 0.5) is 11.4 Å². The first-order valence-electron chi connectivity index (χ1n) is 4.92. The lowest BCUT2D eigenvalue weighted by Crippen LogP contribution is -2.01. The summed E-state index contributed by atoms with van der Waals surface area (Å²) in [6.45, 7) is 2.12. The summed E-state index contributed by atoms with van der Waals surface area (Å²) in [4.78, 5) is 14.0. The number of hydrogen-bond donors (Lipinski definition) is 1. The summed E-state index contributed by atoms with van der Waals surface area (Å²) >= 11 is 0. The smallest absolute Gasteiger partial charge is 0.269 e. The van der Waals surface area contributed by atoms with Crippen LogP contribution in [0.3, 0.4) is 0 Å². The molecule has 0 aliphatic rings. The number of nitro benzene ring substituents is 1. The van der Waals surface area contributed by atoms with Crippen molar-refractivity contribution in [3.63, 3.8) is 0 Å². The molecule has 0 saturated heterocycles.